The number of likely N-dealkylation sites (tertiary alicyclic amines) is 1. The molecule has 0 amide bonds. The summed E-state index contributed by atoms with van der Waals surface area (Å²) in [4.78, 5) is 13.8. The average Bonchev–Trinajstić information content (AvgIpc) is 2.80. The molecule has 0 aliphatic carbocycles. The maximum Gasteiger partial charge on any atom is 0.324 e. The molecule has 0 radical (unpaired) electrons. The molecule has 0 spiro atoms. The molecule has 5 heteroatoms. The molecule has 1 aliphatic heterocycles. The molecule has 1 fully saturated rings. The molecule has 1 aromatic rings. The molecule has 20 heavy (non-hydrogen) atoms. The first kappa shape index (κ1) is 15.6. The number of benzene rings is 1. The molecular formula is C15H19Cl2NO2. The largest absolute Gasteiger partial charge is 0.480 e. The van der Waals surface area contributed by atoms with E-state index in [1.165, 1.54) is 0 Å². The molecule has 1 saturated heterocycles. The summed E-state index contributed by atoms with van der Waals surface area (Å²) in [6, 6.07) is 5.50. The fourth-order valence-electron chi connectivity index (χ4n) is 3.09. The summed E-state index contributed by atoms with van der Waals surface area (Å²) < 4.78 is 0. The van der Waals surface area contributed by atoms with E-state index in [1.807, 2.05) is 24.0 Å². The van der Waals surface area contributed by atoms with Crippen molar-refractivity contribution in [2.45, 2.75) is 44.7 Å². The first-order chi connectivity index (χ1) is 9.51. The topological polar surface area (TPSA) is 40.5 Å². The molecule has 1 unspecified atom stereocenters. The summed E-state index contributed by atoms with van der Waals surface area (Å²) >= 11 is 12.2. The maximum atomic E-state index is 11.8. The Hall–Kier alpha value is -0.770. The molecule has 1 heterocycles. The number of rotatable bonds is 5. The van der Waals surface area contributed by atoms with Crippen LogP contribution in [0.3, 0.4) is 0 Å². The van der Waals surface area contributed by atoms with Crippen molar-refractivity contribution in [1.29, 1.82) is 0 Å². The van der Waals surface area contributed by atoms with Crippen molar-refractivity contribution in [3.63, 3.8) is 0 Å². The predicted octanol–water partition coefficient (Wildman–Crippen LogP) is 4.21. The van der Waals surface area contributed by atoms with Crippen molar-refractivity contribution in [3.05, 3.63) is 33.8 Å². The normalized spacial score (nSPS) is 23.1. The Kier molecular flexibility index (Phi) is 4.95. The van der Waals surface area contributed by atoms with Gasteiger partial charge in [-0.25, -0.2) is 0 Å². The average molecular weight is 316 g/mol. The third kappa shape index (κ3) is 2.80. The van der Waals surface area contributed by atoms with Crippen LogP contribution in [0.2, 0.25) is 10.0 Å². The van der Waals surface area contributed by atoms with Gasteiger partial charge in [0.15, 0.2) is 0 Å². The number of nitrogens with zero attached hydrogens (tertiary/aromatic N) is 1. The van der Waals surface area contributed by atoms with Gasteiger partial charge in [-0.1, -0.05) is 48.7 Å². The molecule has 1 aromatic carbocycles. The van der Waals surface area contributed by atoms with Crippen LogP contribution in [0.5, 0.6) is 0 Å². The highest BCUT2D eigenvalue weighted by atomic mass is 35.5. The van der Waals surface area contributed by atoms with Crippen molar-refractivity contribution < 1.29 is 9.90 Å². The van der Waals surface area contributed by atoms with E-state index >= 15 is 0 Å². The Labute approximate surface area is 129 Å². The zero-order chi connectivity index (χ0) is 14.8. The van der Waals surface area contributed by atoms with E-state index in [1.54, 1.807) is 6.07 Å². The second-order valence-corrected chi connectivity index (χ2v) is 6.11. The third-order valence-corrected chi connectivity index (χ3v) is 4.94. The molecule has 0 aromatic heterocycles. The summed E-state index contributed by atoms with van der Waals surface area (Å²) in [6.07, 6.45) is 3.13. The lowest BCUT2D eigenvalue weighted by molar-refractivity contribution is -0.150. The van der Waals surface area contributed by atoms with Crippen LogP contribution >= 0.6 is 23.2 Å². The number of carbonyl (C=O) groups is 1. The molecule has 110 valence electrons. The van der Waals surface area contributed by atoms with Gasteiger partial charge in [0, 0.05) is 6.54 Å². The number of hydrogen-bond acceptors (Lipinski definition) is 2. The number of carboxylic acids is 1. The molecule has 2 rings (SSSR count). The van der Waals surface area contributed by atoms with Crippen molar-refractivity contribution >= 4 is 29.2 Å². The van der Waals surface area contributed by atoms with E-state index in [9.17, 15) is 9.90 Å². The highest BCUT2D eigenvalue weighted by Crippen LogP contribution is 2.37. The van der Waals surface area contributed by atoms with Crippen molar-refractivity contribution in [1.82, 2.24) is 4.90 Å². The van der Waals surface area contributed by atoms with Crippen LogP contribution in [0.15, 0.2) is 18.2 Å². The maximum absolute atomic E-state index is 11.8. The molecular weight excluding hydrogens is 297 g/mol. The number of aliphatic carboxylic acids is 1. The summed E-state index contributed by atoms with van der Waals surface area (Å²) in [5.41, 5.74) is 0.142. The van der Waals surface area contributed by atoms with Crippen LogP contribution in [0, 0.1) is 0 Å². The van der Waals surface area contributed by atoms with Gasteiger partial charge in [0.2, 0.25) is 0 Å². The molecule has 1 atom stereocenters. The van der Waals surface area contributed by atoms with E-state index < -0.39 is 11.5 Å². The van der Waals surface area contributed by atoms with E-state index in [2.05, 4.69) is 0 Å². The first-order valence-electron chi connectivity index (χ1n) is 6.92. The Bertz CT molecular complexity index is 507. The van der Waals surface area contributed by atoms with Crippen LogP contribution in [0.25, 0.3) is 0 Å². The van der Waals surface area contributed by atoms with Gasteiger partial charge in [0.1, 0.15) is 5.54 Å². The van der Waals surface area contributed by atoms with E-state index in [0.717, 1.165) is 24.9 Å². The zero-order valence-corrected chi connectivity index (χ0v) is 13.0. The Morgan fingerprint density at radius 1 is 1.45 bits per heavy atom. The number of hydrogen-bond donors (Lipinski definition) is 1. The van der Waals surface area contributed by atoms with Gasteiger partial charge in [-0.2, -0.15) is 0 Å². The zero-order valence-electron chi connectivity index (χ0n) is 11.5. The fraction of sp³-hybridized carbons (Fsp3) is 0.533. The standard InChI is InChI=1S/C15H19Cl2NO2/c1-2-7-15(14(19)20)8-4-9-18(15)10-11-5-3-6-12(16)13(11)17/h3,5-6H,2,4,7-10H2,1H3,(H,19,20). The van der Waals surface area contributed by atoms with Gasteiger partial charge in [-0.3, -0.25) is 9.69 Å². The van der Waals surface area contributed by atoms with E-state index in [-0.39, 0.29) is 0 Å². The first-order valence-corrected chi connectivity index (χ1v) is 7.68. The van der Waals surface area contributed by atoms with Gasteiger partial charge >= 0.3 is 5.97 Å². The lowest BCUT2D eigenvalue weighted by Gasteiger charge is -2.35. The predicted molar refractivity (Wildman–Crippen MR) is 81.4 cm³/mol. The minimum Gasteiger partial charge on any atom is -0.480 e. The Morgan fingerprint density at radius 2 is 2.20 bits per heavy atom. The van der Waals surface area contributed by atoms with Crippen LogP contribution in [-0.4, -0.2) is 28.1 Å². The van der Waals surface area contributed by atoms with Gasteiger partial charge in [0.05, 0.1) is 10.0 Å². The highest BCUT2D eigenvalue weighted by molar-refractivity contribution is 6.42. The van der Waals surface area contributed by atoms with Gasteiger partial charge in [-0.05, 0) is 37.4 Å². The quantitative estimate of drug-likeness (QED) is 0.884. The highest BCUT2D eigenvalue weighted by Gasteiger charge is 2.46. The van der Waals surface area contributed by atoms with Crippen LogP contribution in [0.1, 0.15) is 38.2 Å². The lowest BCUT2D eigenvalue weighted by Crippen LogP contribution is -2.50. The van der Waals surface area contributed by atoms with Crippen molar-refractivity contribution in [2.75, 3.05) is 6.54 Å². The van der Waals surface area contributed by atoms with Crippen LogP contribution in [-0.2, 0) is 11.3 Å². The van der Waals surface area contributed by atoms with E-state index in [4.69, 9.17) is 23.2 Å². The van der Waals surface area contributed by atoms with Gasteiger partial charge in [0.25, 0.3) is 0 Å². The van der Waals surface area contributed by atoms with Crippen molar-refractivity contribution in [2.24, 2.45) is 0 Å². The smallest absolute Gasteiger partial charge is 0.324 e. The lowest BCUT2D eigenvalue weighted by atomic mass is 9.90. The number of halogens is 2. The molecule has 1 aliphatic rings. The second kappa shape index (κ2) is 6.33. The summed E-state index contributed by atoms with van der Waals surface area (Å²) in [5, 5.41) is 10.7. The third-order valence-electron chi connectivity index (χ3n) is 4.08. The second-order valence-electron chi connectivity index (χ2n) is 5.32. The Morgan fingerprint density at radius 3 is 2.85 bits per heavy atom. The summed E-state index contributed by atoms with van der Waals surface area (Å²) in [7, 11) is 0. The monoisotopic (exact) mass is 315 g/mol. The molecule has 3 nitrogen and oxygen atoms in total. The number of carboxylic acid groups (broad SMARTS) is 1. The summed E-state index contributed by atoms with van der Waals surface area (Å²) in [5.74, 6) is -0.727. The minimum atomic E-state index is -0.750. The molecule has 0 bridgehead atoms. The SMILES string of the molecule is CCCC1(C(=O)O)CCCN1Cc1cccc(Cl)c1Cl. The van der Waals surface area contributed by atoms with Gasteiger partial charge in [-0.15, -0.1) is 0 Å². The minimum absolute atomic E-state index is 0.514. The summed E-state index contributed by atoms with van der Waals surface area (Å²) in [6.45, 7) is 3.34. The van der Waals surface area contributed by atoms with Gasteiger partial charge < -0.3 is 5.11 Å². The molecule has 1 N–H and O–H groups in total. The molecule has 0 saturated carbocycles. The van der Waals surface area contributed by atoms with Crippen LogP contribution in [0.4, 0.5) is 0 Å². The van der Waals surface area contributed by atoms with E-state index in [0.29, 0.717) is 29.4 Å². The van der Waals surface area contributed by atoms with Crippen LogP contribution < -0.4 is 0 Å². The fourth-order valence-corrected chi connectivity index (χ4v) is 3.47. The van der Waals surface area contributed by atoms with Crippen molar-refractivity contribution in [3.8, 4) is 0 Å². The Balaban J connectivity index is 2.27.